The van der Waals surface area contributed by atoms with Crippen LogP contribution in [0, 0.1) is 11.3 Å². The van der Waals surface area contributed by atoms with Gasteiger partial charge in [0.2, 0.25) is 0 Å². The molecule has 1 aliphatic rings. The van der Waals surface area contributed by atoms with Gasteiger partial charge in [-0.25, -0.2) is 0 Å². The quantitative estimate of drug-likeness (QED) is 0.780. The van der Waals surface area contributed by atoms with Crippen molar-refractivity contribution in [3.63, 3.8) is 0 Å². The number of pyridine rings is 1. The van der Waals surface area contributed by atoms with Crippen molar-refractivity contribution in [1.82, 2.24) is 10.3 Å². The molecule has 0 saturated carbocycles. The zero-order valence-electron chi connectivity index (χ0n) is 14.9. The summed E-state index contributed by atoms with van der Waals surface area (Å²) < 4.78 is 0. The summed E-state index contributed by atoms with van der Waals surface area (Å²) in [5.41, 5.74) is 3.13. The van der Waals surface area contributed by atoms with Gasteiger partial charge in [0.15, 0.2) is 0 Å². The second-order valence-electron chi connectivity index (χ2n) is 6.75. The first kappa shape index (κ1) is 17.0. The molecule has 0 atom stereocenters. The van der Waals surface area contributed by atoms with Crippen molar-refractivity contribution >= 4 is 22.5 Å². The molecule has 134 valence electrons. The number of nitrogens with one attached hydrogen (secondary N) is 1. The number of rotatable bonds is 3. The number of hydrogen-bond acceptors (Lipinski definition) is 4. The van der Waals surface area contributed by atoms with Crippen LogP contribution in [0.25, 0.3) is 10.9 Å². The first-order valence-corrected chi connectivity index (χ1v) is 9.15. The number of para-hydroxylation sites is 1. The summed E-state index contributed by atoms with van der Waals surface area (Å²) in [5.74, 6) is -0.0267. The molecular weight excluding hydrogens is 336 g/mol. The van der Waals surface area contributed by atoms with Crippen LogP contribution in [0.4, 0.5) is 5.69 Å². The summed E-state index contributed by atoms with van der Waals surface area (Å²) in [6, 6.07) is 19.6. The van der Waals surface area contributed by atoms with E-state index in [4.69, 9.17) is 0 Å². The van der Waals surface area contributed by atoms with E-state index < -0.39 is 0 Å². The number of carbonyl (C=O) groups is 1. The SMILES string of the molecule is N#Cc1cnc2ccccc2c1N1CCC(NC(=O)c2ccccc2)CC1. The van der Waals surface area contributed by atoms with Gasteiger partial charge in [0, 0.05) is 36.3 Å². The van der Waals surface area contributed by atoms with Gasteiger partial charge in [0.1, 0.15) is 6.07 Å². The fraction of sp³-hybridized carbons (Fsp3) is 0.227. The largest absolute Gasteiger partial charge is 0.370 e. The van der Waals surface area contributed by atoms with Gasteiger partial charge in [0.25, 0.3) is 5.91 Å². The van der Waals surface area contributed by atoms with Crippen LogP contribution in [0.3, 0.4) is 0 Å². The van der Waals surface area contributed by atoms with E-state index in [0.29, 0.717) is 11.1 Å². The van der Waals surface area contributed by atoms with E-state index in [9.17, 15) is 10.1 Å². The molecule has 1 N–H and O–H groups in total. The maximum atomic E-state index is 12.4. The van der Waals surface area contributed by atoms with Crippen LogP contribution < -0.4 is 10.2 Å². The number of nitrogens with zero attached hydrogens (tertiary/aromatic N) is 3. The Bertz CT molecular complexity index is 1000. The third-order valence-corrected chi connectivity index (χ3v) is 5.05. The summed E-state index contributed by atoms with van der Waals surface area (Å²) in [5, 5.41) is 13.7. The molecule has 1 fully saturated rings. The lowest BCUT2D eigenvalue weighted by Gasteiger charge is -2.35. The Morgan fingerprint density at radius 2 is 1.78 bits per heavy atom. The van der Waals surface area contributed by atoms with E-state index in [-0.39, 0.29) is 11.9 Å². The summed E-state index contributed by atoms with van der Waals surface area (Å²) >= 11 is 0. The van der Waals surface area contributed by atoms with Gasteiger partial charge in [0.05, 0.1) is 16.8 Å². The summed E-state index contributed by atoms with van der Waals surface area (Å²) in [6.07, 6.45) is 3.35. The number of piperidine rings is 1. The van der Waals surface area contributed by atoms with Gasteiger partial charge in [-0.15, -0.1) is 0 Å². The molecule has 1 amide bonds. The minimum Gasteiger partial charge on any atom is -0.370 e. The topological polar surface area (TPSA) is 69.0 Å². The number of amides is 1. The number of carbonyl (C=O) groups excluding carboxylic acids is 1. The molecule has 27 heavy (non-hydrogen) atoms. The Kier molecular flexibility index (Phi) is 4.71. The molecule has 5 heteroatoms. The predicted octanol–water partition coefficient (Wildman–Crippen LogP) is 3.51. The molecular formula is C22H20N4O. The molecule has 2 aromatic carbocycles. The van der Waals surface area contributed by atoms with E-state index in [0.717, 1.165) is 42.5 Å². The van der Waals surface area contributed by atoms with Crippen molar-refractivity contribution < 1.29 is 4.79 Å². The number of aromatic nitrogens is 1. The smallest absolute Gasteiger partial charge is 0.251 e. The molecule has 1 aliphatic heterocycles. The van der Waals surface area contributed by atoms with Crippen LogP contribution in [0.1, 0.15) is 28.8 Å². The lowest BCUT2D eigenvalue weighted by molar-refractivity contribution is 0.0931. The minimum atomic E-state index is -0.0267. The van der Waals surface area contributed by atoms with Crippen molar-refractivity contribution in [2.75, 3.05) is 18.0 Å². The average molecular weight is 356 g/mol. The summed E-state index contributed by atoms with van der Waals surface area (Å²) in [6.45, 7) is 1.59. The molecule has 0 spiro atoms. The maximum absolute atomic E-state index is 12.4. The first-order valence-electron chi connectivity index (χ1n) is 9.15. The number of nitriles is 1. The van der Waals surface area contributed by atoms with E-state index in [1.54, 1.807) is 6.20 Å². The predicted molar refractivity (Wildman–Crippen MR) is 106 cm³/mol. The number of hydrogen-bond donors (Lipinski definition) is 1. The molecule has 1 aromatic heterocycles. The Morgan fingerprint density at radius 1 is 1.07 bits per heavy atom. The third-order valence-electron chi connectivity index (χ3n) is 5.05. The molecule has 3 aromatic rings. The molecule has 0 unspecified atom stereocenters. The van der Waals surface area contributed by atoms with E-state index in [2.05, 4.69) is 21.3 Å². The van der Waals surface area contributed by atoms with Crippen LogP contribution in [-0.2, 0) is 0 Å². The molecule has 4 rings (SSSR count). The van der Waals surface area contributed by atoms with Gasteiger partial charge in [-0.3, -0.25) is 9.78 Å². The van der Waals surface area contributed by atoms with Crippen LogP contribution in [0.5, 0.6) is 0 Å². The monoisotopic (exact) mass is 356 g/mol. The van der Waals surface area contributed by atoms with Crippen molar-refractivity contribution in [1.29, 1.82) is 5.26 Å². The minimum absolute atomic E-state index is 0.0267. The highest BCUT2D eigenvalue weighted by Crippen LogP contribution is 2.31. The van der Waals surface area contributed by atoms with E-state index >= 15 is 0 Å². The molecule has 2 heterocycles. The molecule has 1 saturated heterocycles. The van der Waals surface area contributed by atoms with Gasteiger partial charge in [-0.1, -0.05) is 36.4 Å². The molecule has 0 aliphatic carbocycles. The number of anilines is 1. The van der Waals surface area contributed by atoms with Crippen molar-refractivity contribution in [3.8, 4) is 6.07 Å². The lowest BCUT2D eigenvalue weighted by Crippen LogP contribution is -2.45. The highest BCUT2D eigenvalue weighted by atomic mass is 16.1. The fourth-order valence-corrected chi connectivity index (χ4v) is 3.65. The van der Waals surface area contributed by atoms with Crippen LogP contribution in [0.15, 0.2) is 60.8 Å². The molecule has 0 radical (unpaired) electrons. The van der Waals surface area contributed by atoms with Gasteiger partial charge < -0.3 is 10.2 Å². The second-order valence-corrected chi connectivity index (χ2v) is 6.75. The third kappa shape index (κ3) is 3.47. The Morgan fingerprint density at radius 3 is 2.52 bits per heavy atom. The van der Waals surface area contributed by atoms with Gasteiger partial charge >= 0.3 is 0 Å². The first-order chi connectivity index (χ1) is 13.3. The van der Waals surface area contributed by atoms with Crippen molar-refractivity contribution in [3.05, 3.63) is 71.9 Å². The average Bonchev–Trinajstić information content (AvgIpc) is 2.74. The Hall–Kier alpha value is -3.39. The Labute approximate surface area is 158 Å². The lowest BCUT2D eigenvalue weighted by atomic mass is 10.0. The molecule has 0 bridgehead atoms. The van der Waals surface area contributed by atoms with Crippen LogP contribution >= 0.6 is 0 Å². The fourth-order valence-electron chi connectivity index (χ4n) is 3.65. The van der Waals surface area contributed by atoms with Gasteiger partial charge in [-0.2, -0.15) is 5.26 Å². The van der Waals surface area contributed by atoms with Crippen LogP contribution in [0.2, 0.25) is 0 Å². The normalized spacial score (nSPS) is 14.7. The molecule has 5 nitrogen and oxygen atoms in total. The highest BCUT2D eigenvalue weighted by Gasteiger charge is 2.24. The van der Waals surface area contributed by atoms with Crippen LogP contribution in [-0.4, -0.2) is 30.0 Å². The van der Waals surface area contributed by atoms with Gasteiger partial charge in [-0.05, 0) is 31.0 Å². The Balaban J connectivity index is 1.49. The highest BCUT2D eigenvalue weighted by molar-refractivity contribution is 5.95. The summed E-state index contributed by atoms with van der Waals surface area (Å²) in [7, 11) is 0. The summed E-state index contributed by atoms with van der Waals surface area (Å²) in [4.78, 5) is 19.0. The standard InChI is InChI=1S/C22H20N4O/c23-14-17-15-24-20-9-5-4-8-19(20)21(17)26-12-10-18(11-13-26)25-22(27)16-6-2-1-3-7-16/h1-9,15,18H,10-13H2,(H,25,27). The maximum Gasteiger partial charge on any atom is 0.251 e. The van der Waals surface area contributed by atoms with E-state index in [1.807, 2.05) is 54.6 Å². The zero-order valence-corrected chi connectivity index (χ0v) is 14.9. The zero-order chi connectivity index (χ0) is 18.6. The van der Waals surface area contributed by atoms with Crippen molar-refractivity contribution in [2.45, 2.75) is 18.9 Å². The number of benzene rings is 2. The van der Waals surface area contributed by atoms with E-state index in [1.165, 1.54) is 0 Å². The number of fused-ring (bicyclic) bond motifs is 1. The van der Waals surface area contributed by atoms with Crippen molar-refractivity contribution in [2.24, 2.45) is 0 Å². The second kappa shape index (κ2) is 7.46.